The Kier molecular flexibility index (Phi) is 4.95. The van der Waals surface area contributed by atoms with Gasteiger partial charge in [-0.05, 0) is 31.2 Å². The molecule has 0 unspecified atom stereocenters. The zero-order valence-electron chi connectivity index (χ0n) is 13.7. The van der Waals surface area contributed by atoms with Crippen LogP contribution in [0.15, 0.2) is 68.3 Å². The topological polar surface area (TPSA) is 59.7 Å². The van der Waals surface area contributed by atoms with Crippen LogP contribution in [0.4, 0.5) is 0 Å². The first kappa shape index (κ1) is 17.3. The number of hydrogen-bond acceptors (Lipinski definition) is 4. The van der Waals surface area contributed by atoms with Gasteiger partial charge in [0.15, 0.2) is 5.76 Å². The monoisotopic (exact) mass is 400 g/mol. The van der Waals surface area contributed by atoms with Gasteiger partial charge in [0.1, 0.15) is 11.3 Å². The van der Waals surface area contributed by atoms with Crippen LogP contribution in [0.3, 0.4) is 0 Å². The fraction of sp³-hybridized carbons (Fsp3) is 0.150. The second-order valence-electron chi connectivity index (χ2n) is 5.83. The maximum absolute atomic E-state index is 12.4. The highest BCUT2D eigenvalue weighted by Crippen LogP contribution is 2.32. The lowest BCUT2D eigenvalue weighted by Gasteiger charge is -2.09. The first-order chi connectivity index (χ1) is 12.0. The zero-order valence-corrected chi connectivity index (χ0v) is 15.3. The van der Waals surface area contributed by atoms with Crippen molar-refractivity contribution in [3.05, 3.63) is 69.3 Å². The highest BCUT2D eigenvalue weighted by molar-refractivity contribution is 9.10. The Labute approximate surface area is 153 Å². The third-order valence-electron chi connectivity index (χ3n) is 3.72. The van der Waals surface area contributed by atoms with Crippen molar-refractivity contribution in [3.8, 4) is 22.8 Å². The normalized spacial score (nSPS) is 10.8. The lowest BCUT2D eigenvalue weighted by Crippen LogP contribution is -2.03. The van der Waals surface area contributed by atoms with E-state index in [0.717, 1.165) is 16.5 Å². The average molecular weight is 401 g/mol. The molecule has 0 aliphatic rings. The van der Waals surface area contributed by atoms with E-state index in [-0.39, 0.29) is 5.76 Å². The van der Waals surface area contributed by atoms with E-state index in [1.807, 2.05) is 13.0 Å². The molecule has 0 spiro atoms. The minimum absolute atomic E-state index is 0.137. The molecule has 0 saturated carbocycles. The first-order valence-electron chi connectivity index (χ1n) is 7.78. The van der Waals surface area contributed by atoms with Gasteiger partial charge in [0.2, 0.25) is 11.2 Å². The van der Waals surface area contributed by atoms with Crippen LogP contribution in [-0.2, 0) is 0 Å². The molecule has 0 aliphatic carbocycles. The van der Waals surface area contributed by atoms with E-state index in [4.69, 9.17) is 9.15 Å². The van der Waals surface area contributed by atoms with E-state index in [0.29, 0.717) is 28.9 Å². The summed E-state index contributed by atoms with van der Waals surface area (Å²) >= 11 is 3.38. The lowest BCUT2D eigenvalue weighted by atomic mass is 10.1. The predicted molar refractivity (Wildman–Crippen MR) is 102 cm³/mol. The van der Waals surface area contributed by atoms with Crippen LogP contribution in [0.25, 0.3) is 22.3 Å². The highest BCUT2D eigenvalue weighted by Gasteiger charge is 2.16. The molecular weight excluding hydrogens is 384 g/mol. The van der Waals surface area contributed by atoms with Gasteiger partial charge in [-0.25, -0.2) is 0 Å². The van der Waals surface area contributed by atoms with Crippen molar-refractivity contribution in [2.75, 3.05) is 6.61 Å². The van der Waals surface area contributed by atoms with Crippen LogP contribution in [0, 0.1) is 0 Å². The Morgan fingerprint density at radius 3 is 2.80 bits per heavy atom. The van der Waals surface area contributed by atoms with Crippen LogP contribution in [-0.4, -0.2) is 11.7 Å². The molecule has 0 radical (unpaired) electrons. The summed E-state index contributed by atoms with van der Waals surface area (Å²) in [5, 5.41) is 10.6. The molecule has 1 heterocycles. The van der Waals surface area contributed by atoms with Gasteiger partial charge in [0, 0.05) is 22.5 Å². The van der Waals surface area contributed by atoms with E-state index < -0.39 is 11.2 Å². The van der Waals surface area contributed by atoms with Crippen molar-refractivity contribution in [3.63, 3.8) is 0 Å². The summed E-state index contributed by atoms with van der Waals surface area (Å²) in [5.74, 6) is 0.335. The predicted octanol–water partition coefficient (Wildman–Crippen LogP) is 5.27. The summed E-state index contributed by atoms with van der Waals surface area (Å²) in [6.07, 6.45) is 0.751. The average Bonchev–Trinajstić information content (AvgIpc) is 2.57. The largest absolute Gasteiger partial charge is 0.502 e. The number of ether oxygens (including phenoxy) is 1. The van der Waals surface area contributed by atoms with Gasteiger partial charge in [0.05, 0.1) is 12.0 Å². The summed E-state index contributed by atoms with van der Waals surface area (Å²) in [6, 6.07) is 12.2. The van der Waals surface area contributed by atoms with E-state index in [9.17, 15) is 9.90 Å². The molecule has 2 aromatic carbocycles. The summed E-state index contributed by atoms with van der Waals surface area (Å²) in [4.78, 5) is 12.4. The van der Waals surface area contributed by atoms with Gasteiger partial charge >= 0.3 is 0 Å². The van der Waals surface area contributed by atoms with E-state index in [2.05, 4.69) is 22.5 Å². The van der Waals surface area contributed by atoms with Gasteiger partial charge in [-0.15, -0.1) is 6.58 Å². The zero-order chi connectivity index (χ0) is 18.0. The number of fused-ring (bicyclic) bond motifs is 1. The molecule has 3 rings (SSSR count). The Balaban J connectivity index is 2.06. The van der Waals surface area contributed by atoms with Crippen molar-refractivity contribution in [1.29, 1.82) is 0 Å². The summed E-state index contributed by atoms with van der Waals surface area (Å²) in [5.41, 5.74) is 1.55. The molecule has 5 heteroatoms. The third kappa shape index (κ3) is 3.77. The van der Waals surface area contributed by atoms with Crippen molar-refractivity contribution in [1.82, 2.24) is 0 Å². The molecule has 1 N–H and O–H groups in total. The second kappa shape index (κ2) is 7.15. The maximum atomic E-state index is 12.4. The van der Waals surface area contributed by atoms with Crippen LogP contribution in [0.5, 0.6) is 11.5 Å². The van der Waals surface area contributed by atoms with Crippen molar-refractivity contribution in [2.45, 2.75) is 13.3 Å². The minimum atomic E-state index is -0.468. The molecule has 25 heavy (non-hydrogen) atoms. The third-order valence-corrected chi connectivity index (χ3v) is 4.22. The first-order valence-corrected chi connectivity index (χ1v) is 8.58. The number of benzene rings is 2. The van der Waals surface area contributed by atoms with Crippen LogP contribution < -0.4 is 10.2 Å². The molecular formula is C20H17BrO4. The van der Waals surface area contributed by atoms with E-state index >= 15 is 0 Å². The highest BCUT2D eigenvalue weighted by atomic mass is 79.9. The van der Waals surface area contributed by atoms with Gasteiger partial charge in [-0.3, -0.25) is 4.79 Å². The lowest BCUT2D eigenvalue weighted by molar-refractivity contribution is 0.321. The van der Waals surface area contributed by atoms with Crippen molar-refractivity contribution in [2.24, 2.45) is 0 Å². The van der Waals surface area contributed by atoms with E-state index in [1.165, 1.54) is 0 Å². The Morgan fingerprint density at radius 1 is 1.28 bits per heavy atom. The van der Waals surface area contributed by atoms with Crippen LogP contribution >= 0.6 is 15.9 Å². The molecule has 0 aliphatic heterocycles. The van der Waals surface area contributed by atoms with Crippen molar-refractivity contribution >= 4 is 26.9 Å². The molecule has 0 saturated heterocycles. The van der Waals surface area contributed by atoms with Crippen LogP contribution in [0.1, 0.15) is 13.3 Å². The number of rotatable bonds is 5. The Bertz CT molecular complexity index is 1000. The van der Waals surface area contributed by atoms with Crippen molar-refractivity contribution < 1.29 is 14.3 Å². The molecule has 0 bridgehead atoms. The minimum Gasteiger partial charge on any atom is -0.502 e. The molecule has 0 fully saturated rings. The van der Waals surface area contributed by atoms with Gasteiger partial charge in [-0.1, -0.05) is 33.6 Å². The fourth-order valence-electron chi connectivity index (χ4n) is 2.42. The number of halogens is 1. The van der Waals surface area contributed by atoms with Crippen LogP contribution in [0.2, 0.25) is 0 Å². The van der Waals surface area contributed by atoms with E-state index in [1.54, 1.807) is 36.4 Å². The molecule has 128 valence electrons. The standard InChI is InChI=1S/C20H17BrO4/c1-12(2)8-9-24-15-6-7-16-17(11-15)25-20(19(23)18(16)22)13-4-3-5-14(21)10-13/h3-7,10-11,23H,1,8-9H2,2H3. The Hall–Kier alpha value is -2.53. The molecule has 0 atom stereocenters. The molecule has 3 aromatic rings. The van der Waals surface area contributed by atoms with Gasteiger partial charge in [-0.2, -0.15) is 0 Å². The summed E-state index contributed by atoms with van der Waals surface area (Å²) in [7, 11) is 0. The fourth-order valence-corrected chi connectivity index (χ4v) is 2.82. The van der Waals surface area contributed by atoms with Gasteiger partial charge < -0.3 is 14.3 Å². The second-order valence-corrected chi connectivity index (χ2v) is 6.75. The number of hydrogen-bond donors (Lipinski definition) is 1. The molecule has 0 amide bonds. The molecule has 4 nitrogen and oxygen atoms in total. The summed E-state index contributed by atoms with van der Waals surface area (Å²) in [6.45, 7) is 6.28. The maximum Gasteiger partial charge on any atom is 0.235 e. The molecule has 1 aromatic heterocycles. The summed E-state index contributed by atoms with van der Waals surface area (Å²) < 4.78 is 12.3. The SMILES string of the molecule is C=C(C)CCOc1ccc2c(=O)c(O)c(-c3cccc(Br)c3)oc2c1. The quantitative estimate of drug-likeness (QED) is 0.592. The number of aromatic hydroxyl groups is 1. The smallest absolute Gasteiger partial charge is 0.235 e. The Morgan fingerprint density at radius 2 is 2.08 bits per heavy atom. The van der Waals surface area contributed by atoms with Gasteiger partial charge in [0.25, 0.3) is 0 Å².